The third-order valence-corrected chi connectivity index (χ3v) is 1.04. The van der Waals surface area contributed by atoms with E-state index in [0.29, 0.717) is 5.56 Å². The standard InChI is InChI=1S/C7H7N2O2/c1-2-11-7(10)6-3-4-8-9-5-6/h2-5H,1H3. The first-order valence-corrected chi connectivity index (χ1v) is 3.10. The van der Waals surface area contributed by atoms with Crippen LogP contribution in [-0.2, 0) is 4.74 Å². The highest BCUT2D eigenvalue weighted by Gasteiger charge is 2.04. The van der Waals surface area contributed by atoms with Crippen molar-refractivity contribution in [2.45, 2.75) is 6.92 Å². The number of aromatic nitrogens is 2. The Balaban J connectivity index is 2.69. The molecule has 0 aliphatic carbocycles. The molecule has 1 aromatic heterocycles. The van der Waals surface area contributed by atoms with Crippen LogP contribution in [0.5, 0.6) is 0 Å². The first kappa shape index (κ1) is 7.65. The first-order valence-electron chi connectivity index (χ1n) is 3.10. The lowest BCUT2D eigenvalue weighted by Gasteiger charge is -1.97. The minimum absolute atomic E-state index is 0.401. The number of ether oxygens (including phenoxy) is 1. The molecule has 0 spiro atoms. The molecule has 1 rings (SSSR count). The lowest BCUT2D eigenvalue weighted by Crippen LogP contribution is -2.02. The Labute approximate surface area is 64.2 Å². The van der Waals surface area contributed by atoms with E-state index in [1.54, 1.807) is 13.0 Å². The number of rotatable bonds is 2. The SMILES string of the molecule is C[CH]OC(=O)c1ccnnc1. The number of carbonyl (C=O) groups excluding carboxylic acids is 1. The molecule has 0 aliphatic rings. The Kier molecular flexibility index (Phi) is 2.54. The quantitative estimate of drug-likeness (QED) is 0.587. The van der Waals surface area contributed by atoms with Crippen LogP contribution in [0.15, 0.2) is 18.5 Å². The predicted molar refractivity (Wildman–Crippen MR) is 37.4 cm³/mol. The van der Waals surface area contributed by atoms with Gasteiger partial charge in [0.2, 0.25) is 0 Å². The molecule has 4 nitrogen and oxygen atoms in total. The van der Waals surface area contributed by atoms with E-state index in [-0.39, 0.29) is 0 Å². The summed E-state index contributed by atoms with van der Waals surface area (Å²) in [7, 11) is 0. The minimum Gasteiger partial charge on any atom is -0.455 e. The Morgan fingerprint density at radius 3 is 3.00 bits per heavy atom. The topological polar surface area (TPSA) is 52.1 Å². The normalized spacial score (nSPS) is 9.18. The van der Waals surface area contributed by atoms with E-state index in [0.717, 1.165) is 0 Å². The van der Waals surface area contributed by atoms with Crippen molar-refractivity contribution in [1.29, 1.82) is 0 Å². The van der Waals surface area contributed by atoms with Crippen LogP contribution in [-0.4, -0.2) is 16.2 Å². The minimum atomic E-state index is -0.414. The zero-order valence-electron chi connectivity index (χ0n) is 6.02. The van der Waals surface area contributed by atoms with Gasteiger partial charge in [0, 0.05) is 0 Å². The molecule has 0 saturated carbocycles. The van der Waals surface area contributed by atoms with Crippen LogP contribution >= 0.6 is 0 Å². The summed E-state index contributed by atoms with van der Waals surface area (Å²) in [4.78, 5) is 10.9. The van der Waals surface area contributed by atoms with Crippen LogP contribution in [0, 0.1) is 6.61 Å². The lowest BCUT2D eigenvalue weighted by molar-refractivity contribution is 0.0612. The van der Waals surface area contributed by atoms with Gasteiger partial charge in [-0.1, -0.05) is 0 Å². The van der Waals surface area contributed by atoms with Gasteiger partial charge in [-0.25, -0.2) is 4.79 Å². The summed E-state index contributed by atoms with van der Waals surface area (Å²) in [6.07, 6.45) is 2.79. The molecule has 0 aliphatic heterocycles. The summed E-state index contributed by atoms with van der Waals surface area (Å²) in [5.74, 6) is -0.414. The molecule has 11 heavy (non-hydrogen) atoms. The van der Waals surface area contributed by atoms with Gasteiger partial charge < -0.3 is 4.74 Å². The molecule has 1 radical (unpaired) electrons. The van der Waals surface area contributed by atoms with Gasteiger partial charge in [-0.15, -0.1) is 0 Å². The molecule has 0 fully saturated rings. The molecular weight excluding hydrogens is 144 g/mol. The van der Waals surface area contributed by atoms with Gasteiger partial charge in [0.1, 0.15) is 6.61 Å². The van der Waals surface area contributed by atoms with Gasteiger partial charge >= 0.3 is 5.97 Å². The zero-order valence-corrected chi connectivity index (χ0v) is 6.02. The second-order valence-electron chi connectivity index (χ2n) is 1.77. The van der Waals surface area contributed by atoms with Crippen molar-refractivity contribution in [3.8, 4) is 0 Å². The molecule has 4 heteroatoms. The maximum atomic E-state index is 10.9. The van der Waals surface area contributed by atoms with Crippen molar-refractivity contribution in [3.63, 3.8) is 0 Å². The van der Waals surface area contributed by atoms with Gasteiger partial charge in [0.05, 0.1) is 18.0 Å². The highest BCUT2D eigenvalue weighted by molar-refractivity contribution is 5.88. The maximum Gasteiger partial charge on any atom is 0.340 e. The average Bonchev–Trinajstić information content (AvgIpc) is 2.07. The molecule has 0 aromatic carbocycles. The number of nitrogens with zero attached hydrogens (tertiary/aromatic N) is 2. The van der Waals surface area contributed by atoms with Crippen LogP contribution < -0.4 is 0 Å². The van der Waals surface area contributed by atoms with Crippen molar-refractivity contribution in [1.82, 2.24) is 10.2 Å². The fourth-order valence-electron chi connectivity index (χ4n) is 0.587. The van der Waals surface area contributed by atoms with E-state index < -0.39 is 5.97 Å². The maximum absolute atomic E-state index is 10.9. The second-order valence-corrected chi connectivity index (χ2v) is 1.77. The third-order valence-electron chi connectivity index (χ3n) is 1.04. The third kappa shape index (κ3) is 2.00. The molecule has 1 heterocycles. The average molecular weight is 151 g/mol. The lowest BCUT2D eigenvalue weighted by atomic mass is 10.3. The second kappa shape index (κ2) is 3.65. The van der Waals surface area contributed by atoms with Crippen LogP contribution in [0.25, 0.3) is 0 Å². The Morgan fingerprint density at radius 1 is 1.64 bits per heavy atom. The Hall–Kier alpha value is -1.45. The van der Waals surface area contributed by atoms with Crippen LogP contribution in [0.4, 0.5) is 0 Å². The summed E-state index contributed by atoms with van der Waals surface area (Å²) < 4.78 is 4.60. The monoisotopic (exact) mass is 151 g/mol. The summed E-state index contributed by atoms with van der Waals surface area (Å²) in [6.45, 7) is 2.95. The fourth-order valence-corrected chi connectivity index (χ4v) is 0.587. The highest BCUT2D eigenvalue weighted by Crippen LogP contribution is 1.97. The summed E-state index contributed by atoms with van der Waals surface area (Å²) in [5.41, 5.74) is 0.401. The van der Waals surface area contributed by atoms with E-state index in [1.165, 1.54) is 19.0 Å². The van der Waals surface area contributed by atoms with E-state index in [4.69, 9.17) is 0 Å². The van der Waals surface area contributed by atoms with E-state index in [1.807, 2.05) is 0 Å². The predicted octanol–water partition coefficient (Wildman–Crippen LogP) is 0.815. The van der Waals surface area contributed by atoms with Gasteiger partial charge in [-0.3, -0.25) is 0 Å². The number of hydrogen-bond acceptors (Lipinski definition) is 4. The molecule has 0 atom stereocenters. The van der Waals surface area contributed by atoms with Crippen LogP contribution in [0.3, 0.4) is 0 Å². The Morgan fingerprint density at radius 2 is 2.45 bits per heavy atom. The van der Waals surface area contributed by atoms with E-state index >= 15 is 0 Å². The molecule has 0 unspecified atom stereocenters. The van der Waals surface area contributed by atoms with Crippen molar-refractivity contribution in [3.05, 3.63) is 30.6 Å². The van der Waals surface area contributed by atoms with Crippen molar-refractivity contribution < 1.29 is 9.53 Å². The molecule has 0 bridgehead atoms. The number of carbonyl (C=O) groups is 1. The smallest absolute Gasteiger partial charge is 0.340 e. The van der Waals surface area contributed by atoms with Crippen LogP contribution in [0.1, 0.15) is 17.3 Å². The summed E-state index contributed by atoms with van der Waals surface area (Å²) >= 11 is 0. The number of esters is 1. The highest BCUT2D eigenvalue weighted by atomic mass is 16.5. The van der Waals surface area contributed by atoms with Crippen molar-refractivity contribution in [2.24, 2.45) is 0 Å². The molecule has 0 N–H and O–H groups in total. The van der Waals surface area contributed by atoms with Crippen molar-refractivity contribution >= 4 is 5.97 Å². The molecule has 0 saturated heterocycles. The molecule has 57 valence electrons. The largest absolute Gasteiger partial charge is 0.455 e. The molecular formula is C7H7N2O2. The van der Waals surface area contributed by atoms with Gasteiger partial charge in [-0.05, 0) is 13.0 Å². The molecule has 1 aromatic rings. The zero-order chi connectivity index (χ0) is 8.10. The van der Waals surface area contributed by atoms with Gasteiger partial charge in [-0.2, -0.15) is 10.2 Å². The van der Waals surface area contributed by atoms with Gasteiger partial charge in [0.15, 0.2) is 0 Å². The Bertz CT molecular complexity index is 235. The van der Waals surface area contributed by atoms with Crippen LogP contribution in [0.2, 0.25) is 0 Å². The van der Waals surface area contributed by atoms with E-state index in [9.17, 15) is 4.79 Å². The van der Waals surface area contributed by atoms with Crippen molar-refractivity contribution in [2.75, 3.05) is 0 Å². The number of hydrogen-bond donors (Lipinski definition) is 0. The fraction of sp³-hybridized carbons (Fsp3) is 0.143. The summed E-state index contributed by atoms with van der Waals surface area (Å²) in [5, 5.41) is 7.04. The van der Waals surface area contributed by atoms with Gasteiger partial charge in [0.25, 0.3) is 0 Å². The van der Waals surface area contributed by atoms with E-state index in [2.05, 4.69) is 14.9 Å². The molecule has 0 amide bonds. The summed E-state index contributed by atoms with van der Waals surface area (Å²) in [6, 6.07) is 1.54. The first-order chi connectivity index (χ1) is 5.34.